The molecule has 9 nitrogen and oxygen atoms in total. The van der Waals surface area contributed by atoms with Crippen molar-refractivity contribution in [3.8, 4) is 5.75 Å². The first-order chi connectivity index (χ1) is 20.7. The number of halogens is 1. The predicted octanol–water partition coefficient (Wildman–Crippen LogP) is 4.62. The Labute approximate surface area is 256 Å². The molecule has 0 saturated heterocycles. The third kappa shape index (κ3) is 7.74. The molecule has 0 saturated carbocycles. The summed E-state index contributed by atoms with van der Waals surface area (Å²) >= 11 is 6.55. The van der Waals surface area contributed by atoms with Gasteiger partial charge in [-0.15, -0.1) is 0 Å². The number of dihydropyridines is 1. The molecular weight excluding hydrogens is 572 g/mol. The number of hydrogen-bond acceptors (Lipinski definition) is 9. The van der Waals surface area contributed by atoms with Crippen molar-refractivity contribution in [3.63, 3.8) is 0 Å². The highest BCUT2D eigenvalue weighted by Gasteiger charge is 2.39. The van der Waals surface area contributed by atoms with Crippen molar-refractivity contribution in [2.24, 2.45) is 5.73 Å². The fourth-order valence-electron chi connectivity index (χ4n) is 5.17. The van der Waals surface area contributed by atoms with Crippen LogP contribution in [0.15, 0.2) is 89.3 Å². The maximum atomic E-state index is 13.3. The number of hydrogen-bond donors (Lipinski definition) is 3. The lowest BCUT2D eigenvalue weighted by molar-refractivity contribution is -0.139. The minimum Gasteiger partial charge on any atom is -0.490 e. The van der Waals surface area contributed by atoms with Crippen molar-refractivity contribution in [2.45, 2.75) is 38.3 Å². The normalized spacial score (nSPS) is 16.5. The maximum Gasteiger partial charge on any atom is 0.336 e. The topological polar surface area (TPSA) is 129 Å². The number of rotatable bonds is 13. The number of aliphatic hydroxyl groups excluding tert-OH is 1. The summed E-state index contributed by atoms with van der Waals surface area (Å²) in [6, 6.07) is 20.1. The van der Waals surface area contributed by atoms with Gasteiger partial charge in [0.25, 0.3) is 0 Å². The van der Waals surface area contributed by atoms with Gasteiger partial charge < -0.3 is 35.1 Å². The highest BCUT2D eigenvalue weighted by atomic mass is 35.5. The van der Waals surface area contributed by atoms with E-state index in [1.54, 1.807) is 38.1 Å². The molecule has 228 valence electrons. The van der Waals surface area contributed by atoms with Crippen LogP contribution in [0.1, 0.15) is 31.7 Å². The summed E-state index contributed by atoms with van der Waals surface area (Å²) < 4.78 is 22.3. The van der Waals surface area contributed by atoms with Crippen molar-refractivity contribution >= 4 is 34.3 Å². The van der Waals surface area contributed by atoms with Gasteiger partial charge in [-0.2, -0.15) is 0 Å². The minimum atomic E-state index is -0.846. The Bertz CT molecular complexity index is 1510. The first-order valence-corrected chi connectivity index (χ1v) is 14.5. The second kappa shape index (κ2) is 15.0. The average Bonchev–Trinajstić information content (AvgIpc) is 2.99. The monoisotopic (exact) mass is 608 g/mol. The van der Waals surface area contributed by atoms with Gasteiger partial charge in [-0.25, -0.2) is 9.59 Å². The molecule has 0 spiro atoms. The number of esters is 2. The van der Waals surface area contributed by atoms with Crippen molar-refractivity contribution in [2.75, 3.05) is 33.5 Å². The van der Waals surface area contributed by atoms with Gasteiger partial charge in [0, 0.05) is 22.1 Å². The number of nitrogens with one attached hydrogen (secondary N) is 1. The number of nitrogens with two attached hydrogens (primary N) is 1. The number of carbonyl (C=O) groups excluding carboxylic acids is 2. The summed E-state index contributed by atoms with van der Waals surface area (Å²) in [5.41, 5.74) is 8.18. The van der Waals surface area contributed by atoms with Crippen LogP contribution in [0.2, 0.25) is 5.02 Å². The first kappa shape index (κ1) is 32.0. The van der Waals surface area contributed by atoms with E-state index in [9.17, 15) is 14.7 Å². The van der Waals surface area contributed by atoms with Crippen LogP contribution in [0.5, 0.6) is 5.75 Å². The van der Waals surface area contributed by atoms with Crippen LogP contribution in [0.25, 0.3) is 10.8 Å². The summed E-state index contributed by atoms with van der Waals surface area (Å²) in [5.74, 6) is -1.37. The number of aliphatic hydroxyl groups is 1. The summed E-state index contributed by atoms with van der Waals surface area (Å²) in [4.78, 5) is 26.2. The molecule has 3 aromatic rings. The zero-order chi connectivity index (χ0) is 30.9. The zero-order valence-corrected chi connectivity index (χ0v) is 25.2. The molecule has 0 bridgehead atoms. The predicted molar refractivity (Wildman–Crippen MR) is 165 cm³/mol. The number of allylic oxidation sites excluding steroid dienone is 1. The smallest absolute Gasteiger partial charge is 0.336 e. The number of fused-ring (bicyclic) bond motifs is 1. The van der Waals surface area contributed by atoms with Crippen LogP contribution in [-0.2, 0) is 23.8 Å². The van der Waals surface area contributed by atoms with Gasteiger partial charge in [0.05, 0.1) is 55.8 Å². The summed E-state index contributed by atoms with van der Waals surface area (Å²) in [6.45, 7) is 3.68. The van der Waals surface area contributed by atoms with Gasteiger partial charge >= 0.3 is 11.9 Å². The number of ether oxygens (including phenoxy) is 4. The first-order valence-electron chi connectivity index (χ1n) is 14.1. The molecule has 0 fully saturated rings. The Morgan fingerprint density at radius 1 is 1.00 bits per heavy atom. The maximum absolute atomic E-state index is 13.3. The molecule has 4 rings (SSSR count). The quantitative estimate of drug-likeness (QED) is 0.238. The molecule has 0 aliphatic carbocycles. The molecule has 0 amide bonds. The van der Waals surface area contributed by atoms with Gasteiger partial charge in [0.2, 0.25) is 0 Å². The van der Waals surface area contributed by atoms with Crippen molar-refractivity contribution in [3.05, 3.63) is 99.9 Å². The highest BCUT2D eigenvalue weighted by molar-refractivity contribution is 6.31. The van der Waals surface area contributed by atoms with Crippen molar-refractivity contribution in [1.82, 2.24) is 5.32 Å². The Morgan fingerprint density at radius 3 is 2.47 bits per heavy atom. The Hall–Kier alpha value is -3.89. The van der Waals surface area contributed by atoms with Gasteiger partial charge in [-0.05, 0) is 43.4 Å². The third-order valence-corrected chi connectivity index (χ3v) is 7.44. The van der Waals surface area contributed by atoms with E-state index in [2.05, 4.69) is 5.32 Å². The molecule has 10 heteroatoms. The standard InChI is InChI=1S/C33H37ClN2O7/c1-4-42-33(39)31-27(36-20(2)29(32(38)40-3)30(31)25-13-7-8-14-26(25)34)19-41-17-22(35)16-23(37)18-43-28-15-9-11-21-10-5-6-12-24(21)28/h5-15,22-23,30,36-37H,4,16-19,35H2,1-3H3. The van der Waals surface area contributed by atoms with Crippen LogP contribution >= 0.6 is 11.6 Å². The molecule has 1 aliphatic heterocycles. The molecule has 43 heavy (non-hydrogen) atoms. The van der Waals surface area contributed by atoms with E-state index in [1.165, 1.54) is 7.11 Å². The molecular formula is C33H37ClN2O7. The molecule has 0 radical (unpaired) electrons. The molecule has 3 atom stereocenters. The molecule has 1 aliphatic rings. The van der Waals surface area contributed by atoms with E-state index in [0.29, 0.717) is 27.7 Å². The lowest BCUT2D eigenvalue weighted by atomic mass is 9.80. The van der Waals surface area contributed by atoms with Gasteiger partial charge in [-0.1, -0.05) is 66.2 Å². The number of carbonyl (C=O) groups is 2. The van der Waals surface area contributed by atoms with Gasteiger partial charge in [0.1, 0.15) is 12.4 Å². The SMILES string of the molecule is CCOC(=O)C1=C(COCC(N)CC(O)COc2cccc3ccccc23)NC(C)=C(C(=O)OC)C1c1ccccc1Cl. The van der Waals surface area contributed by atoms with Crippen LogP contribution in [-0.4, -0.2) is 62.7 Å². The zero-order valence-electron chi connectivity index (χ0n) is 24.5. The van der Waals surface area contributed by atoms with Gasteiger partial charge in [-0.3, -0.25) is 0 Å². The van der Waals surface area contributed by atoms with Crippen molar-refractivity contribution < 1.29 is 33.6 Å². The minimum absolute atomic E-state index is 0.0306. The fraction of sp³-hybridized carbons (Fsp3) is 0.333. The lowest BCUT2D eigenvalue weighted by Crippen LogP contribution is -2.36. The molecule has 1 heterocycles. The van der Waals surface area contributed by atoms with Crippen LogP contribution in [0.4, 0.5) is 0 Å². The number of benzene rings is 3. The summed E-state index contributed by atoms with van der Waals surface area (Å²) in [6.07, 6.45) is -0.590. The van der Waals surface area contributed by atoms with Crippen LogP contribution in [0, 0.1) is 0 Å². The molecule has 3 unspecified atom stereocenters. The van der Waals surface area contributed by atoms with E-state index in [1.807, 2.05) is 42.5 Å². The van der Waals surface area contributed by atoms with E-state index in [-0.39, 0.29) is 44.0 Å². The van der Waals surface area contributed by atoms with Crippen LogP contribution < -0.4 is 15.8 Å². The number of methoxy groups -OCH3 is 1. The van der Waals surface area contributed by atoms with Gasteiger partial charge in [0.15, 0.2) is 0 Å². The van der Waals surface area contributed by atoms with E-state index >= 15 is 0 Å². The van der Waals surface area contributed by atoms with E-state index in [0.717, 1.165) is 10.8 Å². The highest BCUT2D eigenvalue weighted by Crippen LogP contribution is 2.42. The Morgan fingerprint density at radius 2 is 1.72 bits per heavy atom. The molecule has 0 aromatic heterocycles. The fourth-order valence-corrected chi connectivity index (χ4v) is 5.41. The molecule has 4 N–H and O–H groups in total. The van der Waals surface area contributed by atoms with E-state index in [4.69, 9.17) is 36.3 Å². The van der Waals surface area contributed by atoms with Crippen LogP contribution in [0.3, 0.4) is 0 Å². The summed E-state index contributed by atoms with van der Waals surface area (Å²) in [5, 5.41) is 16.1. The largest absolute Gasteiger partial charge is 0.490 e. The summed E-state index contributed by atoms with van der Waals surface area (Å²) in [7, 11) is 1.28. The average molecular weight is 609 g/mol. The van der Waals surface area contributed by atoms with Crippen molar-refractivity contribution in [1.29, 1.82) is 0 Å². The third-order valence-electron chi connectivity index (χ3n) is 7.10. The second-order valence-electron chi connectivity index (χ2n) is 10.2. The Balaban J connectivity index is 1.46. The second-order valence-corrected chi connectivity index (χ2v) is 10.6. The Kier molecular flexibility index (Phi) is 11.2. The van der Waals surface area contributed by atoms with E-state index < -0.39 is 30.0 Å². The molecule has 3 aromatic carbocycles. The lowest BCUT2D eigenvalue weighted by Gasteiger charge is -2.32.